The third-order valence-corrected chi connectivity index (χ3v) is 5.76. The van der Waals surface area contributed by atoms with Crippen molar-refractivity contribution in [2.45, 2.75) is 19.8 Å². The van der Waals surface area contributed by atoms with E-state index >= 15 is 0 Å². The van der Waals surface area contributed by atoms with Crippen molar-refractivity contribution in [2.24, 2.45) is 5.92 Å². The van der Waals surface area contributed by atoms with Gasteiger partial charge in [-0.3, -0.25) is 14.4 Å². The van der Waals surface area contributed by atoms with Crippen molar-refractivity contribution in [2.75, 3.05) is 39.3 Å². The molecule has 1 aromatic rings. The van der Waals surface area contributed by atoms with Crippen molar-refractivity contribution < 1.29 is 14.4 Å². The van der Waals surface area contributed by atoms with Gasteiger partial charge in [0.25, 0.3) is 5.91 Å². The first kappa shape index (κ1) is 17.0. The van der Waals surface area contributed by atoms with Crippen molar-refractivity contribution >= 4 is 29.1 Å². The van der Waals surface area contributed by atoms with Crippen LogP contribution in [0.5, 0.6) is 0 Å². The monoisotopic (exact) mass is 349 g/mol. The third kappa shape index (κ3) is 3.61. The Morgan fingerprint density at radius 2 is 1.58 bits per heavy atom. The molecule has 0 saturated carbocycles. The second kappa shape index (κ2) is 7.34. The maximum Gasteiger partial charge on any atom is 0.263 e. The summed E-state index contributed by atoms with van der Waals surface area (Å²) in [6.45, 7) is 5.33. The molecule has 0 atom stereocenters. The van der Waals surface area contributed by atoms with Gasteiger partial charge in [0.1, 0.15) is 0 Å². The lowest BCUT2D eigenvalue weighted by atomic mass is 9.95. The molecule has 130 valence electrons. The lowest BCUT2D eigenvalue weighted by Crippen LogP contribution is -2.52. The van der Waals surface area contributed by atoms with Gasteiger partial charge in [-0.05, 0) is 24.3 Å². The molecule has 0 radical (unpaired) electrons. The van der Waals surface area contributed by atoms with Gasteiger partial charge in [0.15, 0.2) is 0 Å². The first-order chi connectivity index (χ1) is 11.6. The number of carbonyl (C=O) groups is 3. The van der Waals surface area contributed by atoms with E-state index in [0.717, 1.165) is 17.7 Å². The zero-order chi connectivity index (χ0) is 17.1. The highest BCUT2D eigenvalue weighted by molar-refractivity contribution is 7.12. The summed E-state index contributed by atoms with van der Waals surface area (Å²) in [7, 11) is 0. The van der Waals surface area contributed by atoms with E-state index in [9.17, 15) is 14.4 Å². The lowest BCUT2D eigenvalue weighted by molar-refractivity contribution is -0.142. The van der Waals surface area contributed by atoms with Crippen LogP contribution >= 0.6 is 11.3 Å². The minimum Gasteiger partial charge on any atom is -0.339 e. The van der Waals surface area contributed by atoms with Crippen LogP contribution in [0.15, 0.2) is 17.5 Å². The Morgan fingerprint density at radius 3 is 2.12 bits per heavy atom. The molecule has 3 heterocycles. The molecular formula is C17H23N3O3S. The van der Waals surface area contributed by atoms with Gasteiger partial charge in [-0.1, -0.05) is 6.07 Å². The molecule has 3 rings (SSSR count). The molecule has 0 bridgehead atoms. The lowest BCUT2D eigenvalue weighted by Gasteiger charge is -2.38. The number of thiophene rings is 1. The fourth-order valence-electron chi connectivity index (χ4n) is 3.39. The molecule has 7 heteroatoms. The number of hydrogen-bond acceptors (Lipinski definition) is 4. The number of likely N-dealkylation sites (tertiary alicyclic amines) is 1. The summed E-state index contributed by atoms with van der Waals surface area (Å²) in [6, 6.07) is 3.73. The van der Waals surface area contributed by atoms with Gasteiger partial charge >= 0.3 is 0 Å². The van der Waals surface area contributed by atoms with Gasteiger partial charge in [-0.2, -0.15) is 0 Å². The first-order valence-corrected chi connectivity index (χ1v) is 9.31. The maximum absolute atomic E-state index is 12.7. The Kier molecular flexibility index (Phi) is 5.18. The van der Waals surface area contributed by atoms with E-state index in [-0.39, 0.29) is 23.6 Å². The van der Waals surface area contributed by atoms with Gasteiger partial charge in [-0.15, -0.1) is 11.3 Å². The van der Waals surface area contributed by atoms with E-state index in [1.807, 2.05) is 27.3 Å². The topological polar surface area (TPSA) is 60.9 Å². The molecule has 2 fully saturated rings. The summed E-state index contributed by atoms with van der Waals surface area (Å²) < 4.78 is 0. The third-order valence-electron chi connectivity index (χ3n) is 4.90. The Labute approximate surface area is 146 Å². The minimum absolute atomic E-state index is 0.00117. The van der Waals surface area contributed by atoms with Crippen LogP contribution in [0, 0.1) is 5.92 Å². The van der Waals surface area contributed by atoms with Crippen molar-refractivity contribution in [3.63, 3.8) is 0 Å². The number of carbonyl (C=O) groups excluding carboxylic acids is 3. The van der Waals surface area contributed by atoms with Crippen LogP contribution in [0.3, 0.4) is 0 Å². The molecule has 24 heavy (non-hydrogen) atoms. The highest BCUT2D eigenvalue weighted by Crippen LogP contribution is 2.23. The van der Waals surface area contributed by atoms with Crippen LogP contribution < -0.4 is 0 Å². The van der Waals surface area contributed by atoms with Gasteiger partial charge in [0.05, 0.1) is 4.88 Å². The van der Waals surface area contributed by atoms with E-state index < -0.39 is 0 Å². The van der Waals surface area contributed by atoms with Gasteiger partial charge in [0, 0.05) is 52.1 Å². The fraction of sp³-hybridized carbons (Fsp3) is 0.588. The van der Waals surface area contributed by atoms with Gasteiger partial charge in [-0.25, -0.2) is 0 Å². The standard InChI is InChI=1S/C17H23N3O3S/c1-13(21)18-8-10-20(11-9-18)16(22)14-4-6-19(7-5-14)17(23)15-3-2-12-24-15/h2-3,12,14H,4-11H2,1H3. The molecule has 0 aliphatic carbocycles. The summed E-state index contributed by atoms with van der Waals surface area (Å²) >= 11 is 1.46. The zero-order valence-electron chi connectivity index (χ0n) is 13.9. The Balaban J connectivity index is 1.49. The molecule has 1 aromatic heterocycles. The molecule has 2 aliphatic rings. The minimum atomic E-state index is 0.00117. The van der Waals surface area contributed by atoms with Crippen LogP contribution in [0.25, 0.3) is 0 Å². The molecule has 3 amide bonds. The molecule has 0 unspecified atom stereocenters. The van der Waals surface area contributed by atoms with Crippen LogP contribution in [0.1, 0.15) is 29.4 Å². The van der Waals surface area contributed by atoms with E-state index in [4.69, 9.17) is 0 Å². The van der Waals surface area contributed by atoms with E-state index in [1.165, 1.54) is 11.3 Å². The summed E-state index contributed by atoms with van der Waals surface area (Å²) in [5.74, 6) is 0.330. The average Bonchev–Trinajstić information content (AvgIpc) is 3.15. The molecule has 2 saturated heterocycles. The predicted molar refractivity (Wildman–Crippen MR) is 91.8 cm³/mol. The number of amides is 3. The van der Waals surface area contributed by atoms with E-state index in [1.54, 1.807) is 11.8 Å². The Hall–Kier alpha value is -1.89. The second-order valence-corrected chi connectivity index (χ2v) is 7.32. The average molecular weight is 349 g/mol. The van der Waals surface area contributed by atoms with Gasteiger partial charge in [0.2, 0.25) is 11.8 Å². The normalized spacial score (nSPS) is 19.5. The van der Waals surface area contributed by atoms with Crippen molar-refractivity contribution in [3.8, 4) is 0 Å². The highest BCUT2D eigenvalue weighted by Gasteiger charge is 2.32. The quantitative estimate of drug-likeness (QED) is 0.808. The molecular weight excluding hydrogens is 326 g/mol. The number of nitrogens with zero attached hydrogens (tertiary/aromatic N) is 3. The predicted octanol–water partition coefficient (Wildman–Crippen LogP) is 1.29. The van der Waals surface area contributed by atoms with Crippen LogP contribution in [0.4, 0.5) is 0 Å². The number of piperidine rings is 1. The molecule has 0 spiro atoms. The molecule has 6 nitrogen and oxygen atoms in total. The largest absolute Gasteiger partial charge is 0.339 e. The molecule has 0 aromatic carbocycles. The van der Waals surface area contributed by atoms with Crippen LogP contribution in [-0.4, -0.2) is 71.7 Å². The summed E-state index contributed by atoms with van der Waals surface area (Å²) in [5.41, 5.74) is 0. The summed E-state index contributed by atoms with van der Waals surface area (Å²) in [4.78, 5) is 42.6. The molecule has 2 aliphatic heterocycles. The fourth-order valence-corrected chi connectivity index (χ4v) is 4.08. The van der Waals surface area contributed by atoms with Crippen molar-refractivity contribution in [1.82, 2.24) is 14.7 Å². The summed E-state index contributed by atoms with van der Waals surface area (Å²) in [5, 5.41) is 1.91. The van der Waals surface area contributed by atoms with Crippen molar-refractivity contribution in [1.29, 1.82) is 0 Å². The number of piperazine rings is 1. The maximum atomic E-state index is 12.7. The second-order valence-electron chi connectivity index (χ2n) is 6.38. The number of hydrogen-bond donors (Lipinski definition) is 0. The zero-order valence-corrected chi connectivity index (χ0v) is 14.8. The Bertz CT molecular complexity index is 601. The highest BCUT2D eigenvalue weighted by atomic mass is 32.1. The van der Waals surface area contributed by atoms with E-state index in [0.29, 0.717) is 39.3 Å². The SMILES string of the molecule is CC(=O)N1CCN(C(=O)C2CCN(C(=O)c3cccs3)CC2)CC1. The smallest absolute Gasteiger partial charge is 0.263 e. The number of rotatable bonds is 2. The first-order valence-electron chi connectivity index (χ1n) is 8.43. The van der Waals surface area contributed by atoms with Crippen LogP contribution in [0.2, 0.25) is 0 Å². The van der Waals surface area contributed by atoms with Gasteiger partial charge < -0.3 is 14.7 Å². The summed E-state index contributed by atoms with van der Waals surface area (Å²) in [6.07, 6.45) is 1.45. The molecule has 0 N–H and O–H groups in total. The van der Waals surface area contributed by atoms with Crippen LogP contribution in [-0.2, 0) is 9.59 Å². The van der Waals surface area contributed by atoms with E-state index in [2.05, 4.69) is 0 Å². The van der Waals surface area contributed by atoms with Crippen molar-refractivity contribution in [3.05, 3.63) is 22.4 Å². The Morgan fingerprint density at radius 1 is 0.958 bits per heavy atom.